The zero-order chi connectivity index (χ0) is 17.6. The first-order chi connectivity index (χ1) is 12.2. The van der Waals surface area contributed by atoms with Crippen LogP contribution in [0.25, 0.3) is 10.2 Å². The van der Waals surface area contributed by atoms with Crippen molar-refractivity contribution in [1.29, 1.82) is 0 Å². The van der Waals surface area contributed by atoms with Crippen LogP contribution in [0.15, 0.2) is 42.5 Å². The Bertz CT molecular complexity index is 876. The molecule has 0 spiro atoms. The lowest BCUT2D eigenvalue weighted by Gasteiger charge is -2.06. The SMILES string of the molecule is CCCOc1cccc(C(=O)Nc2nc3ccc(OCC)cc3s2)c1. The second-order valence-electron chi connectivity index (χ2n) is 5.41. The maximum Gasteiger partial charge on any atom is 0.257 e. The van der Waals surface area contributed by atoms with Gasteiger partial charge >= 0.3 is 0 Å². The van der Waals surface area contributed by atoms with Crippen molar-refractivity contribution in [3.8, 4) is 11.5 Å². The van der Waals surface area contributed by atoms with Crippen LogP contribution in [0.2, 0.25) is 0 Å². The molecule has 1 N–H and O–H groups in total. The number of anilines is 1. The lowest BCUT2D eigenvalue weighted by atomic mass is 10.2. The van der Waals surface area contributed by atoms with Crippen LogP contribution in [-0.4, -0.2) is 24.1 Å². The Labute approximate surface area is 150 Å². The van der Waals surface area contributed by atoms with Crippen molar-refractivity contribution in [2.75, 3.05) is 18.5 Å². The molecule has 2 aromatic carbocycles. The number of amides is 1. The summed E-state index contributed by atoms with van der Waals surface area (Å²) >= 11 is 1.42. The van der Waals surface area contributed by atoms with Crippen LogP contribution in [0, 0.1) is 0 Å². The van der Waals surface area contributed by atoms with Crippen molar-refractivity contribution in [2.24, 2.45) is 0 Å². The van der Waals surface area contributed by atoms with E-state index in [2.05, 4.69) is 10.3 Å². The number of fused-ring (bicyclic) bond motifs is 1. The van der Waals surface area contributed by atoms with E-state index in [1.165, 1.54) is 11.3 Å². The van der Waals surface area contributed by atoms with Gasteiger partial charge < -0.3 is 9.47 Å². The number of carbonyl (C=O) groups excluding carboxylic acids is 1. The van der Waals surface area contributed by atoms with Gasteiger partial charge in [-0.2, -0.15) is 0 Å². The number of carbonyl (C=O) groups is 1. The van der Waals surface area contributed by atoms with Gasteiger partial charge in [0.15, 0.2) is 5.13 Å². The highest BCUT2D eigenvalue weighted by atomic mass is 32.1. The Morgan fingerprint density at radius 1 is 1.12 bits per heavy atom. The van der Waals surface area contributed by atoms with Crippen molar-refractivity contribution in [2.45, 2.75) is 20.3 Å². The fourth-order valence-corrected chi connectivity index (χ4v) is 3.22. The van der Waals surface area contributed by atoms with Gasteiger partial charge in [0.1, 0.15) is 11.5 Å². The van der Waals surface area contributed by atoms with Gasteiger partial charge in [-0.05, 0) is 49.7 Å². The Kier molecular flexibility index (Phi) is 5.50. The molecule has 0 aliphatic carbocycles. The van der Waals surface area contributed by atoms with Gasteiger partial charge in [-0.25, -0.2) is 4.98 Å². The summed E-state index contributed by atoms with van der Waals surface area (Å²) in [6, 6.07) is 12.9. The van der Waals surface area contributed by atoms with Gasteiger partial charge in [-0.1, -0.05) is 24.3 Å². The van der Waals surface area contributed by atoms with Crippen molar-refractivity contribution >= 4 is 32.6 Å². The Hall–Kier alpha value is -2.60. The first kappa shape index (κ1) is 17.2. The van der Waals surface area contributed by atoms with Gasteiger partial charge in [0.05, 0.1) is 23.4 Å². The molecular formula is C19H20N2O3S. The number of rotatable bonds is 7. The highest BCUT2D eigenvalue weighted by molar-refractivity contribution is 7.22. The number of nitrogens with zero attached hydrogens (tertiary/aromatic N) is 1. The minimum atomic E-state index is -0.203. The summed E-state index contributed by atoms with van der Waals surface area (Å²) < 4.78 is 12.0. The average molecular weight is 356 g/mol. The molecule has 0 bridgehead atoms. The van der Waals surface area contributed by atoms with Gasteiger partial charge in [0.2, 0.25) is 0 Å². The Balaban J connectivity index is 1.75. The second kappa shape index (κ2) is 7.98. The molecule has 0 radical (unpaired) electrons. The molecule has 0 saturated carbocycles. The third-order valence-corrected chi connectivity index (χ3v) is 4.39. The van der Waals surface area contributed by atoms with Crippen molar-refractivity contribution in [3.63, 3.8) is 0 Å². The van der Waals surface area contributed by atoms with E-state index in [1.54, 1.807) is 12.1 Å². The van der Waals surface area contributed by atoms with Gasteiger partial charge in [0.25, 0.3) is 5.91 Å². The molecule has 3 aromatic rings. The van der Waals surface area contributed by atoms with Crippen molar-refractivity contribution < 1.29 is 14.3 Å². The maximum absolute atomic E-state index is 12.5. The molecule has 0 fully saturated rings. The lowest BCUT2D eigenvalue weighted by Crippen LogP contribution is -2.11. The van der Waals surface area contributed by atoms with Crippen molar-refractivity contribution in [1.82, 2.24) is 4.98 Å². The predicted molar refractivity (Wildman–Crippen MR) is 101 cm³/mol. The quantitative estimate of drug-likeness (QED) is 0.664. The topological polar surface area (TPSA) is 60.5 Å². The smallest absolute Gasteiger partial charge is 0.257 e. The first-order valence-electron chi connectivity index (χ1n) is 8.27. The lowest BCUT2D eigenvalue weighted by molar-refractivity contribution is 0.102. The van der Waals surface area contributed by atoms with Crippen LogP contribution in [0.5, 0.6) is 11.5 Å². The van der Waals surface area contributed by atoms with Crippen LogP contribution >= 0.6 is 11.3 Å². The monoisotopic (exact) mass is 356 g/mol. The number of hydrogen-bond donors (Lipinski definition) is 1. The molecule has 0 aliphatic rings. The molecule has 6 heteroatoms. The highest BCUT2D eigenvalue weighted by Crippen LogP contribution is 2.29. The molecule has 3 rings (SSSR count). The van der Waals surface area contributed by atoms with Crippen LogP contribution in [0.1, 0.15) is 30.6 Å². The zero-order valence-electron chi connectivity index (χ0n) is 14.2. The summed E-state index contributed by atoms with van der Waals surface area (Å²) in [5.74, 6) is 1.29. The van der Waals surface area contributed by atoms with E-state index in [9.17, 15) is 4.79 Å². The molecule has 5 nitrogen and oxygen atoms in total. The first-order valence-corrected chi connectivity index (χ1v) is 9.09. The average Bonchev–Trinajstić information content (AvgIpc) is 3.02. The summed E-state index contributed by atoms with van der Waals surface area (Å²) in [5, 5.41) is 3.42. The summed E-state index contributed by atoms with van der Waals surface area (Å²) in [4.78, 5) is 16.9. The number of benzene rings is 2. The zero-order valence-corrected chi connectivity index (χ0v) is 15.1. The predicted octanol–water partition coefficient (Wildman–Crippen LogP) is 4.74. The van der Waals surface area contributed by atoms with Gasteiger partial charge in [0, 0.05) is 5.56 Å². The molecule has 25 heavy (non-hydrogen) atoms. The molecule has 0 saturated heterocycles. The molecular weight excluding hydrogens is 336 g/mol. The Morgan fingerprint density at radius 2 is 1.96 bits per heavy atom. The van der Waals surface area contributed by atoms with Crippen LogP contribution < -0.4 is 14.8 Å². The van der Waals surface area contributed by atoms with Crippen LogP contribution in [0.4, 0.5) is 5.13 Å². The summed E-state index contributed by atoms with van der Waals surface area (Å²) in [7, 11) is 0. The van der Waals surface area contributed by atoms with E-state index in [-0.39, 0.29) is 5.91 Å². The van der Waals surface area contributed by atoms with Gasteiger partial charge in [-0.15, -0.1) is 0 Å². The fraction of sp³-hybridized carbons (Fsp3) is 0.263. The van der Waals surface area contributed by atoms with E-state index in [0.29, 0.717) is 29.7 Å². The molecule has 0 aliphatic heterocycles. The van der Waals surface area contributed by atoms with Crippen LogP contribution in [-0.2, 0) is 0 Å². The third-order valence-electron chi connectivity index (χ3n) is 3.46. The number of hydrogen-bond acceptors (Lipinski definition) is 5. The van der Waals surface area contributed by atoms with E-state index < -0.39 is 0 Å². The molecule has 1 amide bonds. The molecule has 0 atom stereocenters. The third kappa shape index (κ3) is 4.28. The van der Waals surface area contributed by atoms with Gasteiger partial charge in [-0.3, -0.25) is 10.1 Å². The van der Waals surface area contributed by atoms with Crippen LogP contribution in [0.3, 0.4) is 0 Å². The minimum Gasteiger partial charge on any atom is -0.494 e. The number of ether oxygens (including phenoxy) is 2. The second-order valence-corrected chi connectivity index (χ2v) is 6.44. The number of nitrogens with one attached hydrogen (secondary N) is 1. The molecule has 1 heterocycles. The summed E-state index contributed by atoms with van der Waals surface area (Å²) in [6.45, 7) is 5.23. The number of thiazole rings is 1. The van der Waals surface area contributed by atoms with E-state index in [4.69, 9.17) is 9.47 Å². The Morgan fingerprint density at radius 3 is 2.76 bits per heavy atom. The fourth-order valence-electron chi connectivity index (χ4n) is 2.33. The number of aromatic nitrogens is 1. The summed E-state index contributed by atoms with van der Waals surface area (Å²) in [5.41, 5.74) is 1.38. The molecule has 130 valence electrons. The van der Waals surface area contributed by atoms with E-state index in [1.807, 2.05) is 44.2 Å². The molecule has 0 unspecified atom stereocenters. The molecule has 1 aromatic heterocycles. The van der Waals surface area contributed by atoms with E-state index in [0.717, 1.165) is 22.4 Å². The highest BCUT2D eigenvalue weighted by Gasteiger charge is 2.11. The van der Waals surface area contributed by atoms with Crippen molar-refractivity contribution in [3.05, 3.63) is 48.0 Å². The normalized spacial score (nSPS) is 10.6. The van der Waals surface area contributed by atoms with E-state index >= 15 is 0 Å². The minimum absolute atomic E-state index is 0.203. The maximum atomic E-state index is 12.5. The summed E-state index contributed by atoms with van der Waals surface area (Å²) in [6.07, 6.45) is 0.922. The standard InChI is InChI=1S/C19H20N2O3S/c1-3-10-24-14-7-5-6-13(11-14)18(22)21-19-20-16-9-8-15(23-4-2)12-17(16)25-19/h5-9,11-12H,3-4,10H2,1-2H3,(H,20,21,22). The largest absolute Gasteiger partial charge is 0.494 e.